The van der Waals surface area contributed by atoms with Crippen LogP contribution < -0.4 is 0 Å². The highest BCUT2D eigenvalue weighted by atomic mass is 16.5. The van der Waals surface area contributed by atoms with E-state index < -0.39 is 12.0 Å². The number of carboxylic acid groups (broad SMARTS) is 1. The van der Waals surface area contributed by atoms with Gasteiger partial charge in [0, 0.05) is 13.7 Å². The summed E-state index contributed by atoms with van der Waals surface area (Å²) in [5.74, 6) is -0.683. The van der Waals surface area contributed by atoms with Gasteiger partial charge in [-0.3, -0.25) is 4.79 Å². The van der Waals surface area contributed by atoms with Gasteiger partial charge in [-0.15, -0.1) is 0 Å². The molecule has 0 bridgehead atoms. The zero-order valence-electron chi connectivity index (χ0n) is 13.1. The fourth-order valence-corrected chi connectivity index (χ4v) is 2.95. The molecule has 0 aliphatic carbocycles. The summed E-state index contributed by atoms with van der Waals surface area (Å²) in [5, 5.41) is 9.35. The number of benzene rings is 1. The third-order valence-electron chi connectivity index (χ3n) is 4.13. The Morgan fingerprint density at radius 3 is 2.77 bits per heavy atom. The molecule has 1 aromatic carbocycles. The van der Waals surface area contributed by atoms with E-state index in [9.17, 15) is 14.7 Å². The molecule has 1 aromatic rings. The highest BCUT2D eigenvalue weighted by Crippen LogP contribution is 2.23. The predicted octanol–water partition coefficient (Wildman–Crippen LogP) is 2.09. The molecule has 2 rings (SSSR count). The van der Waals surface area contributed by atoms with Gasteiger partial charge in [0.1, 0.15) is 6.04 Å². The van der Waals surface area contributed by atoms with E-state index in [-0.39, 0.29) is 12.3 Å². The summed E-state index contributed by atoms with van der Waals surface area (Å²) in [5.41, 5.74) is 1.90. The summed E-state index contributed by atoms with van der Waals surface area (Å²) >= 11 is 0. The first-order chi connectivity index (χ1) is 10.5. The van der Waals surface area contributed by atoms with Gasteiger partial charge >= 0.3 is 5.97 Å². The second kappa shape index (κ2) is 7.40. The molecular formula is C17H23NO4. The molecule has 22 heavy (non-hydrogen) atoms. The van der Waals surface area contributed by atoms with Gasteiger partial charge in [0.25, 0.3) is 0 Å². The summed E-state index contributed by atoms with van der Waals surface area (Å²) in [7, 11) is 1.63. The van der Waals surface area contributed by atoms with E-state index in [1.807, 2.05) is 31.2 Å². The van der Waals surface area contributed by atoms with Crippen molar-refractivity contribution < 1.29 is 19.4 Å². The Hall–Kier alpha value is -1.88. The van der Waals surface area contributed by atoms with Crippen LogP contribution in [0.15, 0.2) is 24.3 Å². The molecule has 1 heterocycles. The normalized spacial score (nSPS) is 21.6. The van der Waals surface area contributed by atoms with E-state index in [0.29, 0.717) is 25.5 Å². The van der Waals surface area contributed by atoms with Crippen LogP contribution in [0.4, 0.5) is 0 Å². The van der Waals surface area contributed by atoms with E-state index in [1.54, 1.807) is 7.11 Å². The Bertz CT molecular complexity index is 543. The Morgan fingerprint density at radius 1 is 1.36 bits per heavy atom. The first kappa shape index (κ1) is 16.5. The maximum absolute atomic E-state index is 12.5. The fraction of sp³-hybridized carbons (Fsp3) is 0.529. The smallest absolute Gasteiger partial charge is 0.326 e. The minimum atomic E-state index is -0.909. The SMILES string of the molecule is COCc1cccc(CC(=O)N2CCC(C)CC2C(=O)O)c1. The monoisotopic (exact) mass is 305 g/mol. The van der Waals surface area contributed by atoms with Gasteiger partial charge in [0.05, 0.1) is 13.0 Å². The molecule has 1 N–H and O–H groups in total. The first-order valence-electron chi connectivity index (χ1n) is 7.60. The van der Waals surface area contributed by atoms with E-state index in [4.69, 9.17) is 4.74 Å². The van der Waals surface area contributed by atoms with Crippen molar-refractivity contribution in [3.63, 3.8) is 0 Å². The second-order valence-electron chi connectivity index (χ2n) is 6.00. The number of hydrogen-bond donors (Lipinski definition) is 1. The molecule has 1 aliphatic heterocycles. The number of carbonyl (C=O) groups excluding carboxylic acids is 1. The zero-order chi connectivity index (χ0) is 16.1. The van der Waals surface area contributed by atoms with E-state index in [1.165, 1.54) is 4.90 Å². The molecule has 1 fully saturated rings. The molecule has 120 valence electrons. The number of likely N-dealkylation sites (tertiary alicyclic amines) is 1. The van der Waals surface area contributed by atoms with Crippen LogP contribution >= 0.6 is 0 Å². The number of hydrogen-bond acceptors (Lipinski definition) is 3. The molecule has 0 aromatic heterocycles. The van der Waals surface area contributed by atoms with Crippen LogP contribution in [0.5, 0.6) is 0 Å². The van der Waals surface area contributed by atoms with Crippen molar-refractivity contribution in [3.05, 3.63) is 35.4 Å². The summed E-state index contributed by atoms with van der Waals surface area (Å²) in [4.78, 5) is 25.4. The average molecular weight is 305 g/mol. The van der Waals surface area contributed by atoms with Crippen molar-refractivity contribution in [2.45, 2.75) is 38.8 Å². The molecule has 5 nitrogen and oxygen atoms in total. The third kappa shape index (κ3) is 4.07. The quantitative estimate of drug-likeness (QED) is 0.904. The lowest BCUT2D eigenvalue weighted by molar-refractivity contribution is -0.152. The molecule has 0 spiro atoms. The largest absolute Gasteiger partial charge is 0.480 e. The highest BCUT2D eigenvalue weighted by molar-refractivity contribution is 5.85. The van der Waals surface area contributed by atoms with Crippen molar-refractivity contribution in [1.29, 1.82) is 0 Å². The van der Waals surface area contributed by atoms with E-state index in [2.05, 4.69) is 0 Å². The molecule has 0 radical (unpaired) electrons. The maximum atomic E-state index is 12.5. The van der Waals surface area contributed by atoms with Gasteiger partial charge in [0.2, 0.25) is 5.91 Å². The Kier molecular flexibility index (Phi) is 5.55. The second-order valence-corrected chi connectivity index (χ2v) is 6.00. The number of amides is 1. The standard InChI is InChI=1S/C17H23NO4/c1-12-6-7-18(15(8-12)17(20)21)16(19)10-13-4-3-5-14(9-13)11-22-2/h3-5,9,12,15H,6-8,10-11H2,1-2H3,(H,20,21). The van der Waals surface area contributed by atoms with Crippen LogP contribution in [-0.2, 0) is 27.4 Å². The van der Waals surface area contributed by atoms with E-state index in [0.717, 1.165) is 17.5 Å². The van der Waals surface area contributed by atoms with Crippen molar-refractivity contribution >= 4 is 11.9 Å². The third-order valence-corrected chi connectivity index (χ3v) is 4.13. The van der Waals surface area contributed by atoms with Gasteiger partial charge in [0.15, 0.2) is 0 Å². The molecule has 5 heteroatoms. The van der Waals surface area contributed by atoms with Crippen molar-refractivity contribution in [3.8, 4) is 0 Å². The molecule has 1 saturated heterocycles. The first-order valence-corrected chi connectivity index (χ1v) is 7.60. The van der Waals surface area contributed by atoms with Gasteiger partial charge in [-0.25, -0.2) is 4.79 Å². The molecular weight excluding hydrogens is 282 g/mol. The minimum Gasteiger partial charge on any atom is -0.480 e. The number of aliphatic carboxylic acids is 1. The number of carboxylic acids is 1. The fourth-order valence-electron chi connectivity index (χ4n) is 2.95. The van der Waals surface area contributed by atoms with Crippen molar-refractivity contribution in [2.24, 2.45) is 5.92 Å². The van der Waals surface area contributed by atoms with Gasteiger partial charge < -0.3 is 14.7 Å². The molecule has 2 unspecified atom stereocenters. The summed E-state index contributed by atoms with van der Waals surface area (Å²) in [6, 6.07) is 6.96. The Balaban J connectivity index is 2.07. The Labute approximate surface area is 130 Å². The van der Waals surface area contributed by atoms with Gasteiger partial charge in [-0.05, 0) is 29.9 Å². The van der Waals surface area contributed by atoms with Crippen LogP contribution in [0.3, 0.4) is 0 Å². The van der Waals surface area contributed by atoms with Crippen LogP contribution in [0.25, 0.3) is 0 Å². The topological polar surface area (TPSA) is 66.8 Å². The lowest BCUT2D eigenvalue weighted by Gasteiger charge is -2.36. The molecule has 1 amide bonds. The lowest BCUT2D eigenvalue weighted by Crippen LogP contribution is -2.50. The maximum Gasteiger partial charge on any atom is 0.326 e. The van der Waals surface area contributed by atoms with Crippen LogP contribution in [0.2, 0.25) is 0 Å². The van der Waals surface area contributed by atoms with Crippen LogP contribution in [0, 0.1) is 5.92 Å². The number of piperidine rings is 1. The number of ether oxygens (including phenoxy) is 1. The number of carbonyl (C=O) groups is 2. The molecule has 0 saturated carbocycles. The molecule has 2 atom stereocenters. The zero-order valence-corrected chi connectivity index (χ0v) is 13.1. The summed E-state index contributed by atoms with van der Waals surface area (Å²) < 4.78 is 5.09. The van der Waals surface area contributed by atoms with Gasteiger partial charge in [-0.1, -0.05) is 31.2 Å². The highest BCUT2D eigenvalue weighted by Gasteiger charge is 2.34. The van der Waals surface area contributed by atoms with E-state index >= 15 is 0 Å². The summed E-state index contributed by atoms with van der Waals surface area (Å²) in [6.45, 7) is 3.06. The molecule has 1 aliphatic rings. The predicted molar refractivity (Wildman–Crippen MR) is 82.4 cm³/mol. The average Bonchev–Trinajstić information content (AvgIpc) is 2.47. The van der Waals surface area contributed by atoms with Gasteiger partial charge in [-0.2, -0.15) is 0 Å². The Morgan fingerprint density at radius 2 is 2.09 bits per heavy atom. The van der Waals surface area contributed by atoms with Crippen molar-refractivity contribution in [1.82, 2.24) is 4.90 Å². The van der Waals surface area contributed by atoms with Crippen LogP contribution in [0.1, 0.15) is 30.9 Å². The minimum absolute atomic E-state index is 0.117. The number of rotatable bonds is 5. The lowest BCUT2D eigenvalue weighted by atomic mass is 9.92. The number of methoxy groups -OCH3 is 1. The van der Waals surface area contributed by atoms with Crippen LogP contribution in [-0.4, -0.2) is 41.6 Å². The summed E-state index contributed by atoms with van der Waals surface area (Å²) in [6.07, 6.45) is 1.62. The van der Waals surface area contributed by atoms with Crippen molar-refractivity contribution in [2.75, 3.05) is 13.7 Å². The number of nitrogens with zero attached hydrogens (tertiary/aromatic N) is 1.